The molecule has 1 atom stereocenters. The topological polar surface area (TPSA) is 29.9 Å². The molecular formula is C13H16BrN3. The van der Waals surface area contributed by atoms with Crippen molar-refractivity contribution in [1.82, 2.24) is 15.1 Å². The first-order chi connectivity index (χ1) is 8.16. The van der Waals surface area contributed by atoms with Crippen molar-refractivity contribution < 1.29 is 0 Å². The monoisotopic (exact) mass is 293 g/mol. The van der Waals surface area contributed by atoms with Gasteiger partial charge >= 0.3 is 0 Å². The van der Waals surface area contributed by atoms with Crippen LogP contribution in [0.25, 0.3) is 0 Å². The first-order valence-electron chi connectivity index (χ1n) is 5.62. The van der Waals surface area contributed by atoms with Crippen LogP contribution in [0.1, 0.15) is 24.1 Å². The molecule has 0 bridgehead atoms. The number of benzene rings is 1. The predicted octanol–water partition coefficient (Wildman–Crippen LogP) is 3.03. The molecule has 17 heavy (non-hydrogen) atoms. The Labute approximate surface area is 110 Å². The highest BCUT2D eigenvalue weighted by Crippen LogP contribution is 2.22. The summed E-state index contributed by atoms with van der Waals surface area (Å²) in [6.45, 7) is 2.99. The molecule has 1 N–H and O–H groups in total. The maximum atomic E-state index is 4.15. The molecule has 0 saturated carbocycles. The summed E-state index contributed by atoms with van der Waals surface area (Å²) >= 11 is 3.57. The van der Waals surface area contributed by atoms with Gasteiger partial charge in [-0.2, -0.15) is 5.10 Å². The van der Waals surface area contributed by atoms with Crippen LogP contribution in [0, 0.1) is 0 Å². The fraction of sp³-hybridized carbons (Fsp3) is 0.308. The van der Waals surface area contributed by atoms with Crippen molar-refractivity contribution in [2.75, 3.05) is 0 Å². The molecular weight excluding hydrogens is 278 g/mol. The van der Waals surface area contributed by atoms with Crippen molar-refractivity contribution in [2.45, 2.75) is 19.5 Å². The Morgan fingerprint density at radius 1 is 1.41 bits per heavy atom. The second kappa shape index (κ2) is 5.47. The third kappa shape index (κ3) is 3.17. The van der Waals surface area contributed by atoms with Crippen LogP contribution >= 0.6 is 15.9 Å². The van der Waals surface area contributed by atoms with E-state index in [4.69, 9.17) is 0 Å². The van der Waals surface area contributed by atoms with Gasteiger partial charge in [0.1, 0.15) is 0 Å². The van der Waals surface area contributed by atoms with E-state index < -0.39 is 0 Å². The lowest BCUT2D eigenvalue weighted by atomic mass is 10.1. The molecule has 0 aliphatic rings. The van der Waals surface area contributed by atoms with E-state index in [0.29, 0.717) is 6.04 Å². The molecule has 3 nitrogen and oxygen atoms in total. The molecule has 90 valence electrons. The number of hydrogen-bond donors (Lipinski definition) is 1. The smallest absolute Gasteiger partial charge is 0.0534 e. The van der Waals surface area contributed by atoms with Crippen LogP contribution < -0.4 is 5.32 Å². The lowest BCUT2D eigenvalue weighted by Crippen LogP contribution is -2.18. The van der Waals surface area contributed by atoms with Crippen molar-refractivity contribution in [1.29, 1.82) is 0 Å². The van der Waals surface area contributed by atoms with Gasteiger partial charge in [-0.1, -0.05) is 34.1 Å². The van der Waals surface area contributed by atoms with Crippen LogP contribution in [0.4, 0.5) is 0 Å². The third-order valence-electron chi connectivity index (χ3n) is 2.74. The van der Waals surface area contributed by atoms with Gasteiger partial charge in [-0.15, -0.1) is 0 Å². The molecule has 0 amide bonds. The fourth-order valence-corrected chi connectivity index (χ4v) is 2.40. The summed E-state index contributed by atoms with van der Waals surface area (Å²) < 4.78 is 2.96. The second-order valence-corrected chi connectivity index (χ2v) is 5.00. The molecule has 0 spiro atoms. The Kier molecular flexibility index (Phi) is 3.97. The fourth-order valence-electron chi connectivity index (χ4n) is 1.77. The van der Waals surface area contributed by atoms with Gasteiger partial charge in [-0.3, -0.25) is 4.68 Å². The number of hydrogen-bond acceptors (Lipinski definition) is 2. The molecule has 0 saturated heterocycles. The van der Waals surface area contributed by atoms with Crippen molar-refractivity contribution >= 4 is 15.9 Å². The minimum Gasteiger partial charge on any atom is -0.306 e. The molecule has 1 aromatic carbocycles. The summed E-state index contributed by atoms with van der Waals surface area (Å²) in [5, 5.41) is 7.64. The summed E-state index contributed by atoms with van der Waals surface area (Å²) in [5.74, 6) is 0. The van der Waals surface area contributed by atoms with Crippen LogP contribution in [0.2, 0.25) is 0 Å². The molecule has 0 aliphatic carbocycles. The van der Waals surface area contributed by atoms with Crippen molar-refractivity contribution in [3.8, 4) is 0 Å². The average Bonchev–Trinajstić information content (AvgIpc) is 2.73. The highest BCUT2D eigenvalue weighted by molar-refractivity contribution is 9.10. The minimum absolute atomic E-state index is 0.311. The van der Waals surface area contributed by atoms with Crippen LogP contribution in [-0.4, -0.2) is 9.78 Å². The van der Waals surface area contributed by atoms with Gasteiger partial charge in [0, 0.05) is 35.9 Å². The van der Waals surface area contributed by atoms with Gasteiger partial charge < -0.3 is 5.32 Å². The van der Waals surface area contributed by atoms with Gasteiger partial charge in [-0.05, 0) is 18.6 Å². The second-order valence-electron chi connectivity index (χ2n) is 4.15. The molecule has 2 rings (SSSR count). The van der Waals surface area contributed by atoms with Gasteiger partial charge in [0.05, 0.1) is 6.20 Å². The highest BCUT2D eigenvalue weighted by Gasteiger charge is 2.08. The zero-order valence-electron chi connectivity index (χ0n) is 10.0. The van der Waals surface area contributed by atoms with E-state index >= 15 is 0 Å². The summed E-state index contributed by atoms with van der Waals surface area (Å²) in [6.07, 6.45) is 3.92. The third-order valence-corrected chi connectivity index (χ3v) is 3.46. The first-order valence-corrected chi connectivity index (χ1v) is 6.41. The van der Waals surface area contributed by atoms with E-state index in [-0.39, 0.29) is 0 Å². The number of rotatable bonds is 4. The Bertz CT molecular complexity index is 493. The Morgan fingerprint density at radius 2 is 2.18 bits per heavy atom. The number of aromatic nitrogens is 2. The number of nitrogens with zero attached hydrogens (tertiary/aromatic N) is 2. The molecule has 2 aromatic rings. The standard InChI is InChI=1S/C13H16BrN3/c1-10(12-5-3-4-6-13(12)14)15-7-11-8-16-17(2)9-11/h3-6,8-10,15H,7H2,1-2H3. The maximum absolute atomic E-state index is 4.15. The lowest BCUT2D eigenvalue weighted by Gasteiger charge is -2.15. The van der Waals surface area contributed by atoms with Crippen molar-refractivity contribution in [3.63, 3.8) is 0 Å². The minimum atomic E-state index is 0.311. The van der Waals surface area contributed by atoms with E-state index in [1.54, 1.807) is 0 Å². The molecule has 0 fully saturated rings. The normalized spacial score (nSPS) is 12.6. The summed E-state index contributed by atoms with van der Waals surface area (Å²) in [4.78, 5) is 0. The average molecular weight is 294 g/mol. The van der Waals surface area contributed by atoms with E-state index in [9.17, 15) is 0 Å². The first kappa shape index (κ1) is 12.3. The molecule has 1 heterocycles. The van der Waals surface area contributed by atoms with Gasteiger partial charge in [0.2, 0.25) is 0 Å². The van der Waals surface area contributed by atoms with Gasteiger partial charge in [0.15, 0.2) is 0 Å². The van der Waals surface area contributed by atoms with Crippen molar-refractivity contribution in [2.24, 2.45) is 7.05 Å². The Balaban J connectivity index is 1.98. The molecule has 0 aliphatic heterocycles. The SMILES string of the molecule is CC(NCc1cnn(C)c1)c1ccccc1Br. The summed E-state index contributed by atoms with van der Waals surface area (Å²) in [7, 11) is 1.93. The van der Waals surface area contributed by atoms with E-state index in [0.717, 1.165) is 11.0 Å². The summed E-state index contributed by atoms with van der Waals surface area (Å²) in [5.41, 5.74) is 2.47. The highest BCUT2D eigenvalue weighted by atomic mass is 79.9. The van der Waals surface area contributed by atoms with Gasteiger partial charge in [0.25, 0.3) is 0 Å². The molecule has 4 heteroatoms. The number of nitrogens with one attached hydrogen (secondary N) is 1. The largest absolute Gasteiger partial charge is 0.306 e. The molecule has 1 unspecified atom stereocenters. The van der Waals surface area contributed by atoms with E-state index in [1.165, 1.54) is 11.1 Å². The van der Waals surface area contributed by atoms with Gasteiger partial charge in [-0.25, -0.2) is 0 Å². The van der Waals surface area contributed by atoms with Crippen LogP contribution in [0.3, 0.4) is 0 Å². The predicted molar refractivity (Wildman–Crippen MR) is 72.6 cm³/mol. The number of aryl methyl sites for hydroxylation is 1. The Hall–Kier alpha value is -1.13. The summed E-state index contributed by atoms with van der Waals surface area (Å²) in [6, 6.07) is 8.59. The van der Waals surface area contributed by atoms with Crippen LogP contribution in [0.15, 0.2) is 41.1 Å². The van der Waals surface area contributed by atoms with Crippen molar-refractivity contribution in [3.05, 3.63) is 52.3 Å². The van der Waals surface area contributed by atoms with Crippen LogP contribution in [0.5, 0.6) is 0 Å². The zero-order chi connectivity index (χ0) is 12.3. The van der Waals surface area contributed by atoms with E-state index in [2.05, 4.69) is 51.5 Å². The quantitative estimate of drug-likeness (QED) is 0.939. The maximum Gasteiger partial charge on any atom is 0.0534 e. The zero-order valence-corrected chi connectivity index (χ0v) is 11.6. The molecule has 1 aromatic heterocycles. The molecule has 0 radical (unpaired) electrons. The Morgan fingerprint density at radius 3 is 2.82 bits per heavy atom. The van der Waals surface area contributed by atoms with E-state index in [1.807, 2.05) is 30.2 Å². The van der Waals surface area contributed by atoms with Crippen LogP contribution in [-0.2, 0) is 13.6 Å². The number of halogens is 1. The lowest BCUT2D eigenvalue weighted by molar-refractivity contribution is 0.572.